The Balaban J connectivity index is 2.01. The largest absolute Gasteiger partial charge is 0.364 e. The SMILES string of the molecule is CC(CNC(=O)c1conc1C(C)(C)N)c1ccc(F)cc1. The number of nitrogens with one attached hydrogen (secondary N) is 1. The minimum Gasteiger partial charge on any atom is -0.364 e. The van der Waals surface area contributed by atoms with Gasteiger partial charge in [-0.3, -0.25) is 4.79 Å². The van der Waals surface area contributed by atoms with Crippen LogP contribution in [0.4, 0.5) is 4.39 Å². The zero-order valence-electron chi connectivity index (χ0n) is 12.9. The van der Waals surface area contributed by atoms with Gasteiger partial charge in [-0.25, -0.2) is 4.39 Å². The van der Waals surface area contributed by atoms with Crippen molar-refractivity contribution in [3.05, 3.63) is 53.2 Å². The molecule has 0 spiro atoms. The molecule has 0 aliphatic heterocycles. The number of halogens is 1. The lowest BCUT2D eigenvalue weighted by Gasteiger charge is -2.17. The number of carbonyl (C=O) groups excluding carboxylic acids is 1. The third-order valence-electron chi connectivity index (χ3n) is 3.43. The lowest BCUT2D eigenvalue weighted by atomic mass is 9.98. The summed E-state index contributed by atoms with van der Waals surface area (Å²) in [5, 5.41) is 6.62. The van der Waals surface area contributed by atoms with Gasteiger partial charge >= 0.3 is 0 Å². The van der Waals surface area contributed by atoms with Crippen molar-refractivity contribution in [2.75, 3.05) is 6.54 Å². The highest BCUT2D eigenvalue weighted by Gasteiger charge is 2.26. The molecule has 1 heterocycles. The normalized spacial score (nSPS) is 13.0. The number of aromatic nitrogens is 1. The fourth-order valence-corrected chi connectivity index (χ4v) is 2.11. The van der Waals surface area contributed by atoms with Crippen molar-refractivity contribution < 1.29 is 13.7 Å². The molecule has 0 radical (unpaired) electrons. The number of hydrogen-bond donors (Lipinski definition) is 2. The first-order chi connectivity index (χ1) is 10.3. The van der Waals surface area contributed by atoms with E-state index in [-0.39, 0.29) is 17.6 Å². The summed E-state index contributed by atoms with van der Waals surface area (Å²) in [6, 6.07) is 6.23. The molecule has 1 unspecified atom stereocenters. The zero-order chi connectivity index (χ0) is 16.3. The van der Waals surface area contributed by atoms with Gasteiger partial charge in [0.1, 0.15) is 23.3 Å². The van der Waals surface area contributed by atoms with Crippen molar-refractivity contribution in [2.24, 2.45) is 5.73 Å². The third kappa shape index (κ3) is 3.71. The lowest BCUT2D eigenvalue weighted by Crippen LogP contribution is -2.34. The summed E-state index contributed by atoms with van der Waals surface area (Å²) < 4.78 is 17.8. The van der Waals surface area contributed by atoms with Gasteiger partial charge in [0.25, 0.3) is 5.91 Å². The van der Waals surface area contributed by atoms with Gasteiger partial charge in [0.2, 0.25) is 0 Å². The number of hydrogen-bond acceptors (Lipinski definition) is 4. The number of benzene rings is 1. The second kappa shape index (κ2) is 6.27. The van der Waals surface area contributed by atoms with Crippen LogP contribution >= 0.6 is 0 Å². The molecule has 2 aromatic rings. The van der Waals surface area contributed by atoms with E-state index in [2.05, 4.69) is 10.5 Å². The summed E-state index contributed by atoms with van der Waals surface area (Å²) in [7, 11) is 0. The summed E-state index contributed by atoms with van der Waals surface area (Å²) >= 11 is 0. The summed E-state index contributed by atoms with van der Waals surface area (Å²) in [6.07, 6.45) is 1.29. The third-order valence-corrected chi connectivity index (χ3v) is 3.43. The second-order valence-electron chi connectivity index (χ2n) is 5.96. The first-order valence-corrected chi connectivity index (χ1v) is 7.06. The Morgan fingerprint density at radius 2 is 2.05 bits per heavy atom. The summed E-state index contributed by atoms with van der Waals surface area (Å²) in [6.45, 7) is 5.88. The van der Waals surface area contributed by atoms with E-state index >= 15 is 0 Å². The number of carbonyl (C=O) groups is 1. The van der Waals surface area contributed by atoms with Crippen molar-refractivity contribution in [3.8, 4) is 0 Å². The molecule has 1 aromatic heterocycles. The van der Waals surface area contributed by atoms with E-state index in [0.29, 0.717) is 17.8 Å². The topological polar surface area (TPSA) is 81.2 Å². The molecule has 22 heavy (non-hydrogen) atoms. The predicted molar refractivity (Wildman–Crippen MR) is 80.9 cm³/mol. The maximum Gasteiger partial charge on any atom is 0.256 e. The molecule has 2 rings (SSSR count). The molecule has 0 bridgehead atoms. The minimum atomic E-state index is -0.762. The molecule has 0 fully saturated rings. The van der Waals surface area contributed by atoms with Crippen LogP contribution in [0.1, 0.15) is 48.3 Å². The Bertz CT molecular complexity index is 644. The molecule has 1 aromatic carbocycles. The van der Waals surface area contributed by atoms with Crippen molar-refractivity contribution in [3.63, 3.8) is 0 Å². The smallest absolute Gasteiger partial charge is 0.256 e. The molecule has 1 amide bonds. The first kappa shape index (κ1) is 16.2. The highest BCUT2D eigenvalue weighted by molar-refractivity contribution is 5.95. The molecule has 0 saturated heterocycles. The molecular weight excluding hydrogens is 285 g/mol. The summed E-state index contributed by atoms with van der Waals surface area (Å²) in [4.78, 5) is 12.2. The van der Waals surface area contributed by atoms with Gasteiger partial charge in [0.05, 0.1) is 5.54 Å². The van der Waals surface area contributed by atoms with E-state index in [4.69, 9.17) is 10.3 Å². The second-order valence-corrected chi connectivity index (χ2v) is 5.96. The molecule has 5 nitrogen and oxygen atoms in total. The number of nitrogens with zero attached hydrogens (tertiary/aromatic N) is 1. The molecule has 118 valence electrons. The van der Waals surface area contributed by atoms with E-state index in [0.717, 1.165) is 5.56 Å². The summed E-state index contributed by atoms with van der Waals surface area (Å²) in [5.74, 6) is -0.512. The van der Waals surface area contributed by atoms with Crippen molar-refractivity contribution in [2.45, 2.75) is 32.2 Å². The van der Waals surface area contributed by atoms with E-state index < -0.39 is 5.54 Å². The van der Waals surface area contributed by atoms with Crippen LogP contribution in [0, 0.1) is 5.82 Å². The molecule has 0 saturated carbocycles. The Morgan fingerprint density at radius 1 is 1.41 bits per heavy atom. The van der Waals surface area contributed by atoms with E-state index in [1.54, 1.807) is 26.0 Å². The van der Waals surface area contributed by atoms with Crippen LogP contribution in [0.5, 0.6) is 0 Å². The van der Waals surface area contributed by atoms with Gasteiger partial charge in [0, 0.05) is 6.54 Å². The average Bonchev–Trinajstić information content (AvgIpc) is 2.94. The summed E-state index contributed by atoms with van der Waals surface area (Å²) in [5.41, 5.74) is 6.90. The van der Waals surface area contributed by atoms with E-state index in [9.17, 15) is 9.18 Å². The maximum absolute atomic E-state index is 12.9. The van der Waals surface area contributed by atoms with Gasteiger partial charge in [-0.1, -0.05) is 24.2 Å². The number of rotatable bonds is 5. The van der Waals surface area contributed by atoms with Crippen LogP contribution < -0.4 is 11.1 Å². The Kier molecular flexibility index (Phi) is 4.61. The van der Waals surface area contributed by atoms with E-state index in [1.807, 2.05) is 6.92 Å². The molecule has 0 aliphatic rings. The van der Waals surface area contributed by atoms with Gasteiger partial charge in [0.15, 0.2) is 0 Å². The van der Waals surface area contributed by atoms with Gasteiger partial charge in [-0.15, -0.1) is 0 Å². The van der Waals surface area contributed by atoms with Crippen LogP contribution in [0.2, 0.25) is 0 Å². The molecule has 6 heteroatoms. The van der Waals surface area contributed by atoms with Crippen LogP contribution in [-0.2, 0) is 5.54 Å². The lowest BCUT2D eigenvalue weighted by molar-refractivity contribution is 0.0949. The number of amides is 1. The Labute approximate surface area is 128 Å². The Morgan fingerprint density at radius 3 is 2.64 bits per heavy atom. The number of nitrogens with two attached hydrogens (primary N) is 1. The fraction of sp³-hybridized carbons (Fsp3) is 0.375. The highest BCUT2D eigenvalue weighted by atomic mass is 19.1. The van der Waals surface area contributed by atoms with Crippen LogP contribution in [0.25, 0.3) is 0 Å². The standard InChI is InChI=1S/C16H20FN3O2/c1-10(11-4-6-12(17)7-5-11)8-19-15(21)13-9-22-20-14(13)16(2,3)18/h4-7,9-10H,8,18H2,1-3H3,(H,19,21). The predicted octanol–water partition coefficient (Wildman–Crippen LogP) is 2.54. The van der Waals surface area contributed by atoms with Crippen molar-refractivity contribution >= 4 is 5.91 Å². The Hall–Kier alpha value is -2.21. The van der Waals surface area contributed by atoms with Crippen LogP contribution in [0.15, 0.2) is 35.1 Å². The monoisotopic (exact) mass is 305 g/mol. The highest BCUT2D eigenvalue weighted by Crippen LogP contribution is 2.20. The molecular formula is C16H20FN3O2. The van der Waals surface area contributed by atoms with E-state index in [1.165, 1.54) is 18.4 Å². The molecule has 3 N–H and O–H groups in total. The van der Waals surface area contributed by atoms with Crippen LogP contribution in [0.3, 0.4) is 0 Å². The molecule has 0 aliphatic carbocycles. The quantitative estimate of drug-likeness (QED) is 0.889. The zero-order valence-corrected chi connectivity index (χ0v) is 12.9. The van der Waals surface area contributed by atoms with Gasteiger partial charge < -0.3 is 15.6 Å². The van der Waals surface area contributed by atoms with Gasteiger partial charge in [-0.2, -0.15) is 0 Å². The first-order valence-electron chi connectivity index (χ1n) is 7.06. The molecule has 1 atom stereocenters. The van der Waals surface area contributed by atoms with Crippen molar-refractivity contribution in [1.29, 1.82) is 0 Å². The average molecular weight is 305 g/mol. The fourth-order valence-electron chi connectivity index (χ4n) is 2.11. The van der Waals surface area contributed by atoms with Crippen molar-refractivity contribution in [1.82, 2.24) is 10.5 Å². The van der Waals surface area contributed by atoms with Gasteiger partial charge in [-0.05, 0) is 37.5 Å². The van der Waals surface area contributed by atoms with Crippen LogP contribution in [-0.4, -0.2) is 17.6 Å². The minimum absolute atomic E-state index is 0.0544. The maximum atomic E-state index is 12.9.